The van der Waals surface area contributed by atoms with E-state index in [1.165, 1.54) is 12.8 Å². The number of aryl methyl sites for hydroxylation is 1. The molecule has 2 aliphatic rings. The first-order valence-corrected chi connectivity index (χ1v) is 9.04. The molecule has 21 heavy (non-hydrogen) atoms. The third-order valence-electron chi connectivity index (χ3n) is 4.61. The summed E-state index contributed by atoms with van der Waals surface area (Å²) < 4.78 is 23.2. The summed E-state index contributed by atoms with van der Waals surface area (Å²) >= 11 is 0. The Morgan fingerprint density at radius 2 is 1.95 bits per heavy atom. The van der Waals surface area contributed by atoms with Gasteiger partial charge in [0.15, 0.2) is 0 Å². The van der Waals surface area contributed by atoms with Crippen LogP contribution >= 0.6 is 0 Å². The summed E-state index contributed by atoms with van der Waals surface area (Å²) in [6.07, 6.45) is 3.76. The Kier molecular flexibility index (Phi) is 3.71. The molecule has 116 valence electrons. The van der Waals surface area contributed by atoms with E-state index in [-0.39, 0.29) is 4.90 Å². The van der Waals surface area contributed by atoms with Gasteiger partial charge in [0.2, 0.25) is 10.0 Å². The maximum Gasteiger partial charge on any atom is 0.238 e. The molecule has 0 radical (unpaired) electrons. The van der Waals surface area contributed by atoms with Crippen LogP contribution in [0.2, 0.25) is 0 Å². The minimum atomic E-state index is -3.66. The number of hydrogen-bond donors (Lipinski definition) is 2. The number of rotatable bonds is 4. The van der Waals surface area contributed by atoms with E-state index in [0.29, 0.717) is 6.04 Å². The van der Waals surface area contributed by atoms with Crippen LogP contribution in [0.5, 0.6) is 0 Å². The van der Waals surface area contributed by atoms with Gasteiger partial charge < -0.3 is 5.32 Å². The Balaban J connectivity index is 1.80. The number of primary sulfonamides is 1. The molecule has 1 aromatic carbocycles. The minimum absolute atomic E-state index is 0.185. The second-order valence-electron chi connectivity index (χ2n) is 6.31. The molecule has 0 amide bonds. The minimum Gasteiger partial charge on any atom is -0.381 e. The average Bonchev–Trinajstić information content (AvgIpc) is 3.14. The maximum absolute atomic E-state index is 11.6. The zero-order chi connectivity index (χ0) is 15.2. The van der Waals surface area contributed by atoms with Crippen molar-refractivity contribution in [2.75, 3.05) is 18.4 Å². The van der Waals surface area contributed by atoms with Crippen LogP contribution in [-0.2, 0) is 10.0 Å². The van der Waals surface area contributed by atoms with E-state index in [2.05, 4.69) is 10.2 Å². The van der Waals surface area contributed by atoms with E-state index in [9.17, 15) is 8.42 Å². The normalized spacial score (nSPS) is 23.5. The van der Waals surface area contributed by atoms with Gasteiger partial charge in [0.1, 0.15) is 0 Å². The van der Waals surface area contributed by atoms with Gasteiger partial charge in [0.25, 0.3) is 0 Å². The quantitative estimate of drug-likeness (QED) is 0.886. The van der Waals surface area contributed by atoms with Crippen LogP contribution in [-0.4, -0.2) is 38.5 Å². The largest absolute Gasteiger partial charge is 0.381 e. The molecule has 6 heteroatoms. The second kappa shape index (κ2) is 5.26. The summed E-state index contributed by atoms with van der Waals surface area (Å²) in [7, 11) is -3.66. The molecule has 1 aliphatic carbocycles. The van der Waals surface area contributed by atoms with Crippen molar-refractivity contribution in [3.63, 3.8) is 0 Å². The molecule has 0 aromatic heterocycles. The Morgan fingerprint density at radius 1 is 1.24 bits per heavy atom. The molecular weight excluding hydrogens is 286 g/mol. The van der Waals surface area contributed by atoms with Crippen LogP contribution in [0.25, 0.3) is 0 Å². The van der Waals surface area contributed by atoms with Crippen molar-refractivity contribution in [1.29, 1.82) is 0 Å². The standard InChI is InChI=1S/C15H23N3O2S/c1-10-7-14(21(16,19)20)8-15(11(10)2)17-12-5-6-18(9-12)13-3-4-13/h7-8,12-13,17H,3-6,9H2,1-2H3,(H2,16,19,20). The number of nitrogens with two attached hydrogens (primary N) is 1. The van der Waals surface area contributed by atoms with Crippen LogP contribution < -0.4 is 10.5 Å². The van der Waals surface area contributed by atoms with Crippen LogP contribution in [0.15, 0.2) is 17.0 Å². The van der Waals surface area contributed by atoms with Gasteiger partial charge in [-0.15, -0.1) is 0 Å². The Morgan fingerprint density at radius 3 is 2.57 bits per heavy atom. The molecule has 2 fully saturated rings. The first-order valence-electron chi connectivity index (χ1n) is 7.49. The summed E-state index contributed by atoms with van der Waals surface area (Å²) in [5.41, 5.74) is 2.93. The fourth-order valence-corrected chi connectivity index (χ4v) is 3.66. The van der Waals surface area contributed by atoms with E-state index < -0.39 is 10.0 Å². The average molecular weight is 309 g/mol. The number of nitrogens with zero attached hydrogens (tertiary/aromatic N) is 1. The lowest BCUT2D eigenvalue weighted by Gasteiger charge is -2.19. The molecule has 1 atom stereocenters. The van der Waals surface area contributed by atoms with Crippen molar-refractivity contribution in [3.05, 3.63) is 23.3 Å². The van der Waals surface area contributed by atoms with E-state index in [4.69, 9.17) is 5.14 Å². The monoisotopic (exact) mass is 309 g/mol. The van der Waals surface area contributed by atoms with Crippen LogP contribution in [0.4, 0.5) is 5.69 Å². The van der Waals surface area contributed by atoms with Crippen molar-refractivity contribution in [1.82, 2.24) is 4.90 Å². The second-order valence-corrected chi connectivity index (χ2v) is 7.88. The molecule has 1 saturated heterocycles. The molecule has 5 nitrogen and oxygen atoms in total. The molecule has 1 heterocycles. The molecule has 3 rings (SSSR count). The van der Waals surface area contributed by atoms with Crippen molar-refractivity contribution >= 4 is 15.7 Å². The number of likely N-dealkylation sites (tertiary alicyclic amines) is 1. The van der Waals surface area contributed by atoms with Gasteiger partial charge in [-0.05, 0) is 56.4 Å². The third-order valence-corrected chi connectivity index (χ3v) is 5.50. The number of anilines is 1. The van der Waals surface area contributed by atoms with Gasteiger partial charge in [-0.3, -0.25) is 4.90 Å². The zero-order valence-corrected chi connectivity index (χ0v) is 13.4. The highest BCUT2D eigenvalue weighted by Crippen LogP contribution is 2.31. The molecule has 1 saturated carbocycles. The molecule has 1 aromatic rings. The molecule has 1 unspecified atom stereocenters. The van der Waals surface area contributed by atoms with Crippen molar-refractivity contribution in [2.24, 2.45) is 5.14 Å². The van der Waals surface area contributed by atoms with Gasteiger partial charge in [0.05, 0.1) is 4.90 Å². The summed E-state index contributed by atoms with van der Waals surface area (Å²) in [5.74, 6) is 0. The zero-order valence-electron chi connectivity index (χ0n) is 12.6. The maximum atomic E-state index is 11.6. The first-order chi connectivity index (χ1) is 9.84. The molecular formula is C15H23N3O2S. The lowest BCUT2D eigenvalue weighted by molar-refractivity contribution is 0.326. The Bertz CT molecular complexity index is 653. The van der Waals surface area contributed by atoms with Gasteiger partial charge in [-0.2, -0.15) is 0 Å². The van der Waals surface area contributed by atoms with Crippen molar-refractivity contribution in [2.45, 2.75) is 50.1 Å². The van der Waals surface area contributed by atoms with E-state index in [1.54, 1.807) is 12.1 Å². The van der Waals surface area contributed by atoms with Crippen molar-refractivity contribution in [3.8, 4) is 0 Å². The van der Waals surface area contributed by atoms with E-state index in [0.717, 1.165) is 42.4 Å². The lowest BCUT2D eigenvalue weighted by Crippen LogP contribution is -2.28. The van der Waals surface area contributed by atoms with Crippen LogP contribution in [0.3, 0.4) is 0 Å². The molecule has 0 spiro atoms. The fourth-order valence-electron chi connectivity index (χ4n) is 3.04. The summed E-state index contributed by atoms with van der Waals surface area (Å²) in [4.78, 5) is 2.72. The topological polar surface area (TPSA) is 75.4 Å². The van der Waals surface area contributed by atoms with Gasteiger partial charge in [-0.25, -0.2) is 13.6 Å². The summed E-state index contributed by atoms with van der Waals surface area (Å²) in [6.45, 7) is 6.11. The lowest BCUT2D eigenvalue weighted by atomic mass is 10.1. The highest BCUT2D eigenvalue weighted by molar-refractivity contribution is 7.89. The summed E-state index contributed by atoms with van der Waals surface area (Å²) in [6, 6.07) is 4.48. The highest BCUT2D eigenvalue weighted by atomic mass is 32.2. The fraction of sp³-hybridized carbons (Fsp3) is 0.600. The number of benzene rings is 1. The molecule has 0 bridgehead atoms. The highest BCUT2D eigenvalue weighted by Gasteiger charge is 2.34. The third kappa shape index (κ3) is 3.22. The Labute approximate surface area is 126 Å². The number of nitrogens with one attached hydrogen (secondary N) is 1. The van der Waals surface area contributed by atoms with Crippen LogP contribution in [0, 0.1) is 13.8 Å². The predicted octanol–water partition coefficient (Wildman–Crippen LogP) is 1.60. The predicted molar refractivity (Wildman–Crippen MR) is 83.9 cm³/mol. The van der Waals surface area contributed by atoms with Gasteiger partial charge in [-0.1, -0.05) is 0 Å². The van der Waals surface area contributed by atoms with E-state index >= 15 is 0 Å². The number of hydrogen-bond acceptors (Lipinski definition) is 4. The smallest absolute Gasteiger partial charge is 0.238 e. The SMILES string of the molecule is Cc1cc(S(N)(=O)=O)cc(NC2CCN(C3CC3)C2)c1C. The van der Waals surface area contributed by atoms with Gasteiger partial charge >= 0.3 is 0 Å². The summed E-state index contributed by atoms with van der Waals surface area (Å²) in [5, 5.41) is 8.77. The molecule has 3 N–H and O–H groups in total. The first kappa shape index (κ1) is 14.8. The van der Waals surface area contributed by atoms with Gasteiger partial charge in [0, 0.05) is 30.9 Å². The Hall–Kier alpha value is -1.11. The molecule has 1 aliphatic heterocycles. The van der Waals surface area contributed by atoms with Crippen molar-refractivity contribution < 1.29 is 8.42 Å². The number of sulfonamides is 1. The van der Waals surface area contributed by atoms with E-state index in [1.807, 2.05) is 13.8 Å². The van der Waals surface area contributed by atoms with Crippen LogP contribution in [0.1, 0.15) is 30.4 Å².